The molecule has 1 saturated heterocycles. The predicted molar refractivity (Wildman–Crippen MR) is 95.5 cm³/mol. The molecule has 7 nitrogen and oxygen atoms in total. The highest BCUT2D eigenvalue weighted by Crippen LogP contribution is 2.39. The van der Waals surface area contributed by atoms with E-state index in [0.717, 1.165) is 40.7 Å². The minimum atomic E-state index is -4.81. The highest BCUT2D eigenvalue weighted by molar-refractivity contribution is 7.89. The van der Waals surface area contributed by atoms with Crippen LogP contribution in [0.1, 0.15) is 5.56 Å². The first-order valence-electron chi connectivity index (χ1n) is 8.36. The molecule has 0 bridgehead atoms. The average molecular weight is 433 g/mol. The summed E-state index contributed by atoms with van der Waals surface area (Å²) in [6, 6.07) is 6.73. The van der Waals surface area contributed by atoms with Crippen LogP contribution in [-0.4, -0.2) is 43.8 Å². The number of alkyl halides is 3. The van der Waals surface area contributed by atoms with E-state index in [1.54, 1.807) is 0 Å². The maximum absolute atomic E-state index is 13.4. The molecule has 156 valence electrons. The molecule has 2 aromatic carbocycles. The molecule has 0 saturated carbocycles. The van der Waals surface area contributed by atoms with Crippen LogP contribution in [0, 0.1) is 15.9 Å². The van der Waals surface area contributed by atoms with Crippen LogP contribution >= 0.6 is 0 Å². The standard InChI is InChI=1S/C17H15F4N3O4S/c18-12-1-4-14(5-2-12)29(27,28)23-9-7-22(8-10-23)16-6-3-13(24(25)26)11-15(16)17(19,20)21/h1-6,11H,7-10H2. The molecule has 1 fully saturated rings. The first kappa shape index (κ1) is 21.0. The molecule has 2 aromatic rings. The number of piperazine rings is 1. The lowest BCUT2D eigenvalue weighted by molar-refractivity contribution is -0.385. The summed E-state index contributed by atoms with van der Waals surface area (Å²) < 4.78 is 79.5. The number of halogens is 4. The van der Waals surface area contributed by atoms with Crippen molar-refractivity contribution < 1.29 is 30.9 Å². The van der Waals surface area contributed by atoms with Crippen LogP contribution in [0.2, 0.25) is 0 Å². The monoisotopic (exact) mass is 433 g/mol. The Bertz CT molecular complexity index is 1020. The Morgan fingerprint density at radius 1 is 0.966 bits per heavy atom. The van der Waals surface area contributed by atoms with Crippen molar-refractivity contribution in [3.05, 3.63) is 64.0 Å². The summed E-state index contributed by atoms with van der Waals surface area (Å²) in [5.41, 5.74) is -2.08. The van der Waals surface area contributed by atoms with E-state index in [1.165, 1.54) is 4.90 Å². The Morgan fingerprint density at radius 3 is 2.07 bits per heavy atom. The molecule has 1 heterocycles. The minimum Gasteiger partial charge on any atom is -0.368 e. The van der Waals surface area contributed by atoms with E-state index < -0.39 is 38.2 Å². The summed E-state index contributed by atoms with van der Waals surface area (Å²) in [5, 5.41) is 10.8. The average Bonchev–Trinajstić information content (AvgIpc) is 2.67. The van der Waals surface area contributed by atoms with Crippen LogP contribution in [0.25, 0.3) is 0 Å². The van der Waals surface area contributed by atoms with Crippen molar-refractivity contribution in [2.24, 2.45) is 0 Å². The van der Waals surface area contributed by atoms with Crippen LogP contribution in [0.3, 0.4) is 0 Å². The third-order valence-corrected chi connectivity index (χ3v) is 6.44. The number of anilines is 1. The van der Waals surface area contributed by atoms with Crippen molar-refractivity contribution in [1.29, 1.82) is 0 Å². The van der Waals surface area contributed by atoms with E-state index >= 15 is 0 Å². The van der Waals surface area contributed by atoms with Crippen molar-refractivity contribution in [2.75, 3.05) is 31.1 Å². The zero-order valence-corrected chi connectivity index (χ0v) is 15.6. The summed E-state index contributed by atoms with van der Waals surface area (Å²) in [4.78, 5) is 11.1. The molecule has 29 heavy (non-hydrogen) atoms. The van der Waals surface area contributed by atoms with Crippen molar-refractivity contribution in [3.8, 4) is 0 Å². The SMILES string of the molecule is O=[N+]([O-])c1ccc(N2CCN(S(=O)(=O)c3ccc(F)cc3)CC2)c(C(F)(F)F)c1. The first-order valence-corrected chi connectivity index (χ1v) is 9.80. The van der Waals surface area contributed by atoms with E-state index in [0.29, 0.717) is 6.07 Å². The fourth-order valence-corrected chi connectivity index (χ4v) is 4.49. The molecule has 0 spiro atoms. The Kier molecular flexibility index (Phi) is 5.50. The summed E-state index contributed by atoms with van der Waals surface area (Å²) in [5.74, 6) is -0.591. The van der Waals surface area contributed by atoms with E-state index in [4.69, 9.17) is 0 Å². The molecule has 0 N–H and O–H groups in total. The van der Waals surface area contributed by atoms with E-state index in [-0.39, 0.29) is 36.8 Å². The van der Waals surface area contributed by atoms with Gasteiger partial charge in [-0.3, -0.25) is 10.1 Å². The molecule has 0 radical (unpaired) electrons. The second-order valence-corrected chi connectivity index (χ2v) is 8.24. The molecule has 0 amide bonds. The normalized spacial score (nSPS) is 16.1. The minimum absolute atomic E-state index is 0.0404. The van der Waals surface area contributed by atoms with Crippen LogP contribution in [0.5, 0.6) is 0 Å². The second kappa shape index (κ2) is 7.59. The van der Waals surface area contributed by atoms with E-state index in [1.807, 2.05) is 0 Å². The highest BCUT2D eigenvalue weighted by Gasteiger charge is 2.38. The molecular formula is C17H15F4N3O4S. The number of benzene rings is 2. The van der Waals surface area contributed by atoms with Crippen molar-refractivity contribution in [3.63, 3.8) is 0 Å². The summed E-state index contributed by atoms with van der Waals surface area (Å²) in [7, 11) is -3.91. The van der Waals surface area contributed by atoms with E-state index in [2.05, 4.69) is 0 Å². The summed E-state index contributed by atoms with van der Waals surface area (Å²) in [6.45, 7) is -0.259. The van der Waals surface area contributed by atoms with Gasteiger partial charge in [-0.25, -0.2) is 12.8 Å². The Labute approximate surface area is 163 Å². The van der Waals surface area contributed by atoms with Gasteiger partial charge in [0.05, 0.1) is 15.4 Å². The molecule has 1 aliphatic heterocycles. The topological polar surface area (TPSA) is 83.8 Å². The number of nitro groups is 1. The second-order valence-electron chi connectivity index (χ2n) is 6.30. The van der Waals surface area contributed by atoms with Gasteiger partial charge in [0.1, 0.15) is 5.82 Å². The number of sulfonamides is 1. The molecule has 3 rings (SSSR count). The predicted octanol–water partition coefficient (Wildman–Crippen LogP) is 3.26. The molecule has 0 aromatic heterocycles. The maximum Gasteiger partial charge on any atom is 0.418 e. The lowest BCUT2D eigenvalue weighted by Gasteiger charge is -2.36. The van der Waals surface area contributed by atoms with E-state index in [9.17, 15) is 36.1 Å². The summed E-state index contributed by atoms with van der Waals surface area (Å²) in [6.07, 6.45) is -4.81. The lowest BCUT2D eigenvalue weighted by atomic mass is 10.1. The van der Waals surface area contributed by atoms with Crippen LogP contribution < -0.4 is 4.90 Å². The van der Waals surface area contributed by atoms with Gasteiger partial charge in [0.2, 0.25) is 10.0 Å². The van der Waals surface area contributed by atoms with Crippen LogP contribution in [-0.2, 0) is 16.2 Å². The fraction of sp³-hybridized carbons (Fsp3) is 0.294. The van der Waals surface area contributed by atoms with Gasteiger partial charge < -0.3 is 4.90 Å². The van der Waals surface area contributed by atoms with Gasteiger partial charge in [-0.15, -0.1) is 0 Å². The Balaban J connectivity index is 1.82. The molecule has 0 atom stereocenters. The number of hydrogen-bond acceptors (Lipinski definition) is 5. The third-order valence-electron chi connectivity index (χ3n) is 4.53. The molecule has 12 heteroatoms. The number of rotatable bonds is 4. The first-order chi connectivity index (χ1) is 13.5. The smallest absolute Gasteiger partial charge is 0.368 e. The molecule has 0 unspecified atom stereocenters. The van der Waals surface area contributed by atoms with Crippen molar-refractivity contribution in [2.45, 2.75) is 11.1 Å². The highest BCUT2D eigenvalue weighted by atomic mass is 32.2. The van der Waals surface area contributed by atoms with Crippen LogP contribution in [0.4, 0.5) is 28.9 Å². The Hall–Kier alpha value is -2.73. The number of non-ortho nitro benzene ring substituents is 1. The van der Waals surface area contributed by atoms with Gasteiger partial charge in [0, 0.05) is 44.0 Å². The van der Waals surface area contributed by atoms with Gasteiger partial charge in [-0.1, -0.05) is 0 Å². The molecule has 1 aliphatic rings. The largest absolute Gasteiger partial charge is 0.418 e. The lowest BCUT2D eigenvalue weighted by Crippen LogP contribution is -2.49. The molecule has 0 aliphatic carbocycles. The zero-order valence-electron chi connectivity index (χ0n) is 14.8. The molecular weight excluding hydrogens is 418 g/mol. The number of hydrogen-bond donors (Lipinski definition) is 0. The third kappa shape index (κ3) is 4.32. The van der Waals surface area contributed by atoms with Crippen LogP contribution in [0.15, 0.2) is 47.4 Å². The number of nitro benzene ring substituents is 1. The van der Waals surface area contributed by atoms with Gasteiger partial charge in [-0.2, -0.15) is 17.5 Å². The zero-order chi connectivity index (χ0) is 21.4. The summed E-state index contributed by atoms with van der Waals surface area (Å²) >= 11 is 0. The quantitative estimate of drug-likeness (QED) is 0.420. The maximum atomic E-state index is 13.4. The van der Waals surface area contributed by atoms with Gasteiger partial charge in [0.25, 0.3) is 5.69 Å². The van der Waals surface area contributed by atoms with Gasteiger partial charge in [0.15, 0.2) is 0 Å². The van der Waals surface area contributed by atoms with Gasteiger partial charge in [-0.05, 0) is 30.3 Å². The van der Waals surface area contributed by atoms with Crippen molar-refractivity contribution >= 4 is 21.4 Å². The fourth-order valence-electron chi connectivity index (χ4n) is 3.07. The Morgan fingerprint density at radius 2 is 1.55 bits per heavy atom. The number of nitrogens with zero attached hydrogens (tertiary/aromatic N) is 3. The van der Waals surface area contributed by atoms with Crippen molar-refractivity contribution in [1.82, 2.24) is 4.31 Å². The van der Waals surface area contributed by atoms with Gasteiger partial charge >= 0.3 is 6.18 Å².